The van der Waals surface area contributed by atoms with Crippen molar-refractivity contribution in [2.45, 2.75) is 45.8 Å². The molecule has 0 unspecified atom stereocenters. The molecule has 7 rings (SSSR count). The van der Waals surface area contributed by atoms with Crippen LogP contribution < -0.4 is 0 Å². The number of aromatic amines is 1. The third-order valence-corrected chi connectivity index (χ3v) is 9.45. The second-order valence-electron chi connectivity index (χ2n) is 11.3. The summed E-state index contributed by atoms with van der Waals surface area (Å²) in [6.45, 7) is 8.53. The van der Waals surface area contributed by atoms with Crippen molar-refractivity contribution in [3.8, 4) is 20.9 Å². The number of benzene rings is 2. The van der Waals surface area contributed by atoms with E-state index in [1.165, 1.54) is 25.5 Å². The van der Waals surface area contributed by atoms with E-state index >= 15 is 0 Å². The molecular weight excluding hydrogens is 528 g/mol. The molecule has 1 fully saturated rings. The minimum atomic E-state index is -0.532. The number of nitrogens with zero attached hydrogens (tertiary/aromatic N) is 3. The minimum absolute atomic E-state index is 0.118. The molecule has 1 aliphatic rings. The number of rotatable bonds is 3. The molecule has 0 bridgehead atoms. The summed E-state index contributed by atoms with van der Waals surface area (Å²) in [5.41, 5.74) is 5.30. The van der Waals surface area contributed by atoms with E-state index < -0.39 is 5.60 Å². The van der Waals surface area contributed by atoms with E-state index in [2.05, 4.69) is 59.4 Å². The van der Waals surface area contributed by atoms with Gasteiger partial charge in [-0.2, -0.15) is 0 Å². The minimum Gasteiger partial charge on any atom is -0.444 e. The van der Waals surface area contributed by atoms with Crippen LogP contribution in [0.4, 0.5) is 4.79 Å². The quantitative estimate of drug-likeness (QED) is 0.236. The second kappa shape index (κ2) is 8.93. The maximum Gasteiger partial charge on any atom is 0.410 e. The van der Waals surface area contributed by atoms with Gasteiger partial charge in [-0.25, -0.2) is 14.8 Å². The smallest absolute Gasteiger partial charge is 0.410 e. The van der Waals surface area contributed by atoms with Crippen molar-refractivity contribution in [1.82, 2.24) is 19.9 Å². The first-order chi connectivity index (χ1) is 18.7. The van der Waals surface area contributed by atoms with E-state index in [0.717, 1.165) is 45.5 Å². The third kappa shape index (κ3) is 4.49. The van der Waals surface area contributed by atoms with Crippen molar-refractivity contribution in [1.29, 1.82) is 0 Å². The number of H-pyrrole nitrogens is 1. The van der Waals surface area contributed by atoms with Crippen LogP contribution in [-0.4, -0.2) is 38.1 Å². The largest absolute Gasteiger partial charge is 0.444 e. The Labute approximate surface area is 233 Å². The highest BCUT2D eigenvalue weighted by Gasteiger charge is 2.38. The van der Waals surface area contributed by atoms with Gasteiger partial charge in [-0.05, 0) is 80.6 Å². The molecule has 7 nitrogen and oxygen atoms in total. The van der Waals surface area contributed by atoms with Crippen LogP contribution in [0.2, 0.25) is 0 Å². The fourth-order valence-corrected chi connectivity index (χ4v) is 7.68. The summed E-state index contributed by atoms with van der Waals surface area (Å²) in [6, 6.07) is 16.9. The molecule has 39 heavy (non-hydrogen) atoms. The van der Waals surface area contributed by atoms with Crippen molar-refractivity contribution in [2.24, 2.45) is 5.92 Å². The number of carbonyl (C=O) groups excluding carboxylic acids is 1. The monoisotopic (exact) mass is 556 g/mol. The maximum absolute atomic E-state index is 12.9. The summed E-state index contributed by atoms with van der Waals surface area (Å²) < 4.78 is 13.7. The fraction of sp³-hybridized carbons (Fsp3) is 0.300. The Morgan fingerprint density at radius 2 is 1.74 bits per heavy atom. The summed E-state index contributed by atoms with van der Waals surface area (Å²) in [4.78, 5) is 29.8. The van der Waals surface area contributed by atoms with Gasteiger partial charge < -0.3 is 14.1 Å². The molecule has 1 aliphatic heterocycles. The highest BCUT2D eigenvalue weighted by molar-refractivity contribution is 7.31. The van der Waals surface area contributed by atoms with Crippen molar-refractivity contribution in [3.63, 3.8) is 0 Å². The lowest BCUT2D eigenvalue weighted by atomic mass is 10.1. The Balaban J connectivity index is 1.17. The number of nitrogens with one attached hydrogen (secondary N) is 1. The Hall–Kier alpha value is -3.69. The molecule has 0 spiro atoms. The molecule has 1 N–H and O–H groups in total. The van der Waals surface area contributed by atoms with Crippen LogP contribution in [0.25, 0.3) is 52.4 Å². The lowest BCUT2D eigenvalue weighted by Crippen LogP contribution is -2.37. The highest BCUT2D eigenvalue weighted by atomic mass is 32.1. The molecule has 1 amide bonds. The van der Waals surface area contributed by atoms with Gasteiger partial charge in [0.2, 0.25) is 0 Å². The maximum atomic E-state index is 12.9. The molecule has 5 heterocycles. The molecule has 6 aromatic rings. The SMILES string of the molecule is C[C@H]1C[C@@H](c2nc3cc(-c4cc5sc(-c6ccc7ncoc7c6)cc5s4)ccc3[nH]2)N(C(=O)OC(C)(C)C)C1. The number of thiophene rings is 2. The van der Waals surface area contributed by atoms with Gasteiger partial charge in [-0.1, -0.05) is 19.1 Å². The first-order valence-corrected chi connectivity index (χ1v) is 14.7. The number of hydrogen-bond acceptors (Lipinski definition) is 7. The second-order valence-corrected chi connectivity index (χ2v) is 13.5. The van der Waals surface area contributed by atoms with E-state index in [-0.39, 0.29) is 12.1 Å². The molecule has 4 aromatic heterocycles. The molecule has 198 valence electrons. The Morgan fingerprint density at radius 1 is 1.03 bits per heavy atom. The number of likely N-dealkylation sites (tertiary alicyclic amines) is 1. The van der Waals surface area contributed by atoms with E-state index in [0.29, 0.717) is 12.5 Å². The normalized spacial score (nSPS) is 18.1. The summed E-state index contributed by atoms with van der Waals surface area (Å²) >= 11 is 3.57. The van der Waals surface area contributed by atoms with Crippen LogP contribution in [0.15, 0.2) is 59.3 Å². The highest BCUT2D eigenvalue weighted by Crippen LogP contribution is 2.43. The van der Waals surface area contributed by atoms with Crippen molar-refractivity contribution in [2.75, 3.05) is 6.54 Å². The average Bonchev–Trinajstić information content (AvgIpc) is 3.68. The summed E-state index contributed by atoms with van der Waals surface area (Å²) in [6.07, 6.45) is 2.06. The predicted molar refractivity (Wildman–Crippen MR) is 157 cm³/mol. The first-order valence-electron chi connectivity index (χ1n) is 13.1. The zero-order valence-electron chi connectivity index (χ0n) is 22.1. The van der Waals surface area contributed by atoms with Gasteiger partial charge in [0, 0.05) is 25.7 Å². The van der Waals surface area contributed by atoms with Crippen molar-refractivity contribution < 1.29 is 13.9 Å². The van der Waals surface area contributed by atoms with Crippen LogP contribution >= 0.6 is 22.7 Å². The molecule has 9 heteroatoms. The van der Waals surface area contributed by atoms with Gasteiger partial charge in [-0.3, -0.25) is 4.90 Å². The molecule has 0 aliphatic carbocycles. The molecule has 0 saturated carbocycles. The lowest BCUT2D eigenvalue weighted by molar-refractivity contribution is 0.0215. The van der Waals surface area contributed by atoms with Gasteiger partial charge in [-0.15, -0.1) is 22.7 Å². The van der Waals surface area contributed by atoms with E-state index in [1.54, 1.807) is 22.7 Å². The number of imidazole rings is 1. The van der Waals surface area contributed by atoms with Crippen molar-refractivity contribution in [3.05, 3.63) is 60.7 Å². The molecule has 2 atom stereocenters. The summed E-state index contributed by atoms with van der Waals surface area (Å²) in [5, 5.41) is 0. The average molecular weight is 557 g/mol. The zero-order valence-corrected chi connectivity index (χ0v) is 23.8. The van der Waals surface area contributed by atoms with E-state index in [4.69, 9.17) is 14.1 Å². The van der Waals surface area contributed by atoms with Gasteiger partial charge in [0.15, 0.2) is 12.0 Å². The predicted octanol–water partition coefficient (Wildman–Crippen LogP) is 8.63. The number of oxazole rings is 1. The fourth-order valence-electron chi connectivity index (χ4n) is 5.29. The number of carbonyl (C=O) groups is 1. The standard InChI is InChI=1S/C30H28N4O3S2/c1-16-9-22(34(14-16)29(35)37-30(2,3)4)28-32-19-7-5-17(10-21(19)33-28)24-12-26-27(38-24)13-25(39-26)18-6-8-20-23(11-18)36-15-31-20/h5-8,10-13,15-16,22H,9,14H2,1-4H3,(H,32,33)/t16-,22-/m0/s1. The lowest BCUT2D eigenvalue weighted by Gasteiger charge is -2.27. The van der Waals surface area contributed by atoms with E-state index in [1.807, 2.05) is 31.7 Å². The summed E-state index contributed by atoms with van der Waals surface area (Å²) in [7, 11) is 0. The van der Waals surface area contributed by atoms with Crippen LogP contribution in [0, 0.1) is 5.92 Å². The number of ether oxygens (including phenoxy) is 1. The molecule has 0 radical (unpaired) electrons. The number of aromatic nitrogens is 3. The Kier molecular flexibility index (Phi) is 5.57. The van der Waals surface area contributed by atoms with Crippen LogP contribution in [0.5, 0.6) is 0 Å². The Morgan fingerprint density at radius 3 is 2.49 bits per heavy atom. The van der Waals surface area contributed by atoms with Gasteiger partial charge in [0.05, 0.1) is 17.1 Å². The van der Waals surface area contributed by atoms with Gasteiger partial charge in [0.25, 0.3) is 0 Å². The topological polar surface area (TPSA) is 84.3 Å². The molecule has 2 aromatic carbocycles. The van der Waals surface area contributed by atoms with E-state index in [9.17, 15) is 4.79 Å². The Bertz CT molecular complexity index is 1820. The summed E-state index contributed by atoms with van der Waals surface area (Å²) in [5.74, 6) is 1.20. The van der Waals surface area contributed by atoms with Gasteiger partial charge in [0.1, 0.15) is 16.9 Å². The zero-order chi connectivity index (χ0) is 26.9. The van der Waals surface area contributed by atoms with Crippen LogP contribution in [-0.2, 0) is 4.74 Å². The molecule has 1 saturated heterocycles. The van der Waals surface area contributed by atoms with Gasteiger partial charge >= 0.3 is 6.09 Å². The first kappa shape index (κ1) is 24.4. The van der Waals surface area contributed by atoms with Crippen molar-refractivity contribution >= 4 is 60.3 Å². The van der Waals surface area contributed by atoms with Crippen LogP contribution in [0.1, 0.15) is 46.0 Å². The molecular formula is C30H28N4O3S2. The third-order valence-electron chi connectivity index (χ3n) is 7.06. The number of fused-ring (bicyclic) bond motifs is 3. The number of amides is 1. The van der Waals surface area contributed by atoms with Crippen LogP contribution in [0.3, 0.4) is 0 Å². The number of hydrogen-bond donors (Lipinski definition) is 1.